The van der Waals surface area contributed by atoms with Gasteiger partial charge in [-0.1, -0.05) is 6.07 Å². The number of fused-ring (bicyclic) bond motifs is 1. The molecule has 2 aromatic heterocycles. The Morgan fingerprint density at radius 2 is 1.70 bits per heavy atom. The first-order valence-corrected chi connectivity index (χ1v) is 8.25. The first-order chi connectivity index (χ1) is 13.2. The third-order valence-electron chi connectivity index (χ3n) is 4.00. The molecule has 0 atom stereocenters. The van der Waals surface area contributed by atoms with Gasteiger partial charge in [0.25, 0.3) is 5.91 Å². The van der Waals surface area contributed by atoms with Gasteiger partial charge in [-0.15, -0.1) is 0 Å². The van der Waals surface area contributed by atoms with Crippen LogP contribution in [0.5, 0.6) is 11.5 Å². The van der Waals surface area contributed by atoms with E-state index in [4.69, 9.17) is 10.00 Å². The average molecular weight is 354 g/mol. The molecular formula is C21H14N4O2. The van der Waals surface area contributed by atoms with Gasteiger partial charge in [0.15, 0.2) is 0 Å². The topological polar surface area (TPSA) is 79.4 Å². The second-order valence-electron chi connectivity index (χ2n) is 5.81. The molecule has 4 rings (SSSR count). The number of nitrogens with zero attached hydrogens (tertiary/aromatic N) is 3. The molecule has 0 bridgehead atoms. The summed E-state index contributed by atoms with van der Waals surface area (Å²) in [5, 5.41) is 15.8. The minimum Gasteiger partial charge on any atom is -0.457 e. The smallest absolute Gasteiger partial charge is 0.259 e. The summed E-state index contributed by atoms with van der Waals surface area (Å²) in [6, 6.07) is 21.6. The van der Waals surface area contributed by atoms with Crippen molar-refractivity contribution in [3.63, 3.8) is 0 Å². The van der Waals surface area contributed by atoms with E-state index in [1.54, 1.807) is 65.4 Å². The van der Waals surface area contributed by atoms with Crippen LogP contribution in [-0.4, -0.2) is 15.5 Å². The van der Waals surface area contributed by atoms with Gasteiger partial charge in [-0.05, 0) is 60.7 Å². The Hall–Kier alpha value is -4.11. The van der Waals surface area contributed by atoms with Crippen LogP contribution in [0.3, 0.4) is 0 Å². The molecule has 1 N–H and O–H groups in total. The quantitative estimate of drug-likeness (QED) is 0.594. The van der Waals surface area contributed by atoms with Gasteiger partial charge in [0.1, 0.15) is 11.5 Å². The van der Waals surface area contributed by atoms with Gasteiger partial charge < -0.3 is 10.1 Å². The number of nitriles is 1. The van der Waals surface area contributed by atoms with Crippen molar-refractivity contribution >= 4 is 17.1 Å². The van der Waals surface area contributed by atoms with Crippen LogP contribution in [0.25, 0.3) is 5.52 Å². The van der Waals surface area contributed by atoms with Crippen molar-refractivity contribution < 1.29 is 9.53 Å². The van der Waals surface area contributed by atoms with E-state index in [1.807, 2.05) is 18.2 Å². The molecular weight excluding hydrogens is 340 g/mol. The lowest BCUT2D eigenvalue weighted by atomic mass is 10.2. The van der Waals surface area contributed by atoms with Crippen LogP contribution in [0.1, 0.15) is 15.9 Å². The third kappa shape index (κ3) is 3.48. The summed E-state index contributed by atoms with van der Waals surface area (Å²) in [5.74, 6) is 1.04. The van der Waals surface area contributed by atoms with E-state index < -0.39 is 0 Å². The molecule has 0 saturated heterocycles. The molecule has 2 heterocycles. The number of amides is 1. The van der Waals surface area contributed by atoms with E-state index in [0.29, 0.717) is 28.3 Å². The summed E-state index contributed by atoms with van der Waals surface area (Å²) in [6.07, 6.45) is 3.34. The number of ether oxygens (including phenoxy) is 1. The Morgan fingerprint density at radius 1 is 1.00 bits per heavy atom. The Morgan fingerprint density at radius 3 is 2.41 bits per heavy atom. The Labute approximate surface area is 155 Å². The summed E-state index contributed by atoms with van der Waals surface area (Å²) in [7, 11) is 0. The predicted octanol–water partition coefficient (Wildman–Crippen LogP) is 4.25. The second kappa shape index (κ2) is 7.02. The molecule has 0 aliphatic heterocycles. The molecule has 6 nitrogen and oxygen atoms in total. The molecule has 0 spiro atoms. The number of benzene rings is 2. The lowest BCUT2D eigenvalue weighted by molar-refractivity contribution is 0.102. The van der Waals surface area contributed by atoms with Gasteiger partial charge in [0.2, 0.25) is 0 Å². The molecule has 4 aromatic rings. The normalized spacial score (nSPS) is 10.3. The number of carbonyl (C=O) groups excluding carboxylic acids is 1. The van der Waals surface area contributed by atoms with Gasteiger partial charge in [-0.25, -0.2) is 4.52 Å². The van der Waals surface area contributed by atoms with Gasteiger partial charge in [0, 0.05) is 11.9 Å². The zero-order valence-electron chi connectivity index (χ0n) is 14.2. The molecule has 27 heavy (non-hydrogen) atoms. The first-order valence-electron chi connectivity index (χ1n) is 8.25. The second-order valence-corrected chi connectivity index (χ2v) is 5.81. The molecule has 130 valence electrons. The van der Waals surface area contributed by atoms with Gasteiger partial charge >= 0.3 is 0 Å². The fourth-order valence-electron chi connectivity index (χ4n) is 2.65. The van der Waals surface area contributed by atoms with Crippen LogP contribution in [0.2, 0.25) is 0 Å². The lowest BCUT2D eigenvalue weighted by Crippen LogP contribution is -2.11. The number of anilines is 1. The Bertz CT molecular complexity index is 1140. The largest absolute Gasteiger partial charge is 0.457 e. The van der Waals surface area contributed by atoms with E-state index in [1.165, 1.54) is 0 Å². The van der Waals surface area contributed by atoms with E-state index >= 15 is 0 Å². The summed E-state index contributed by atoms with van der Waals surface area (Å²) in [5.41, 5.74) is 2.49. The number of aromatic nitrogens is 2. The van der Waals surface area contributed by atoms with Crippen LogP contribution >= 0.6 is 0 Å². The molecule has 6 heteroatoms. The summed E-state index contributed by atoms with van der Waals surface area (Å²) in [6.45, 7) is 0. The lowest BCUT2D eigenvalue weighted by Gasteiger charge is -2.08. The molecule has 0 radical (unpaired) electrons. The number of rotatable bonds is 4. The van der Waals surface area contributed by atoms with Crippen LogP contribution in [-0.2, 0) is 0 Å². The van der Waals surface area contributed by atoms with Crippen molar-refractivity contribution in [2.45, 2.75) is 0 Å². The highest BCUT2D eigenvalue weighted by molar-refractivity contribution is 6.08. The van der Waals surface area contributed by atoms with Crippen molar-refractivity contribution in [2.24, 2.45) is 0 Å². The fraction of sp³-hybridized carbons (Fsp3) is 0. The third-order valence-corrected chi connectivity index (χ3v) is 4.00. The maximum Gasteiger partial charge on any atom is 0.259 e. The minimum absolute atomic E-state index is 0.225. The van der Waals surface area contributed by atoms with Crippen molar-refractivity contribution in [1.82, 2.24) is 9.61 Å². The SMILES string of the molecule is N#Cc1ccc(Oc2ccc(NC(=O)c3cnn4ccccc34)cc2)cc1. The van der Waals surface area contributed by atoms with Gasteiger partial charge in [-0.3, -0.25) is 4.79 Å². The fourth-order valence-corrected chi connectivity index (χ4v) is 2.65. The molecule has 2 aromatic carbocycles. The predicted molar refractivity (Wildman–Crippen MR) is 101 cm³/mol. The number of hydrogen-bond acceptors (Lipinski definition) is 4. The highest BCUT2D eigenvalue weighted by Crippen LogP contribution is 2.23. The van der Waals surface area contributed by atoms with Crippen molar-refractivity contribution in [3.8, 4) is 17.6 Å². The molecule has 0 aliphatic carbocycles. The standard InChI is InChI=1S/C21H14N4O2/c22-13-15-4-8-17(9-5-15)27-18-10-6-16(7-11-18)24-21(26)19-14-23-25-12-2-1-3-20(19)25/h1-12,14H,(H,24,26). The van der Waals surface area contributed by atoms with Crippen LogP contribution in [0.15, 0.2) is 79.1 Å². The van der Waals surface area contributed by atoms with Gasteiger partial charge in [0.05, 0.1) is 28.9 Å². The Kier molecular flexibility index (Phi) is 4.25. The molecule has 0 unspecified atom stereocenters. The zero-order valence-corrected chi connectivity index (χ0v) is 14.2. The van der Waals surface area contributed by atoms with Crippen LogP contribution < -0.4 is 10.1 Å². The number of carbonyl (C=O) groups is 1. The number of nitrogens with one attached hydrogen (secondary N) is 1. The average Bonchev–Trinajstić information content (AvgIpc) is 3.14. The molecule has 0 aliphatic rings. The van der Waals surface area contributed by atoms with Crippen LogP contribution in [0, 0.1) is 11.3 Å². The highest BCUT2D eigenvalue weighted by atomic mass is 16.5. The molecule has 1 amide bonds. The van der Waals surface area contributed by atoms with E-state index in [0.717, 1.165) is 5.52 Å². The monoisotopic (exact) mass is 354 g/mol. The van der Waals surface area contributed by atoms with E-state index in [-0.39, 0.29) is 5.91 Å². The van der Waals surface area contributed by atoms with Crippen molar-refractivity contribution in [3.05, 3.63) is 90.3 Å². The van der Waals surface area contributed by atoms with Crippen molar-refractivity contribution in [1.29, 1.82) is 5.26 Å². The summed E-state index contributed by atoms with van der Waals surface area (Å²) < 4.78 is 7.39. The summed E-state index contributed by atoms with van der Waals surface area (Å²) >= 11 is 0. The van der Waals surface area contributed by atoms with Gasteiger partial charge in [-0.2, -0.15) is 10.4 Å². The maximum absolute atomic E-state index is 12.5. The first kappa shape index (κ1) is 16.4. The highest BCUT2D eigenvalue weighted by Gasteiger charge is 2.12. The molecule has 0 fully saturated rings. The maximum atomic E-state index is 12.5. The number of hydrogen-bond donors (Lipinski definition) is 1. The molecule has 0 saturated carbocycles. The minimum atomic E-state index is -0.225. The Balaban J connectivity index is 1.45. The van der Waals surface area contributed by atoms with E-state index in [9.17, 15) is 4.79 Å². The zero-order chi connectivity index (χ0) is 18.6. The van der Waals surface area contributed by atoms with E-state index in [2.05, 4.69) is 16.5 Å². The van der Waals surface area contributed by atoms with Crippen molar-refractivity contribution in [2.75, 3.05) is 5.32 Å². The van der Waals surface area contributed by atoms with Crippen LogP contribution in [0.4, 0.5) is 5.69 Å². The number of pyridine rings is 1. The summed E-state index contributed by atoms with van der Waals surface area (Å²) in [4.78, 5) is 12.5.